The molecule has 0 unspecified atom stereocenters. The predicted molar refractivity (Wildman–Crippen MR) is 52.9 cm³/mol. The molecule has 0 aromatic carbocycles. The Labute approximate surface area is 83.7 Å². The van der Waals surface area contributed by atoms with Gasteiger partial charge in [-0.25, -0.2) is 4.98 Å². The fraction of sp³-hybridized carbons (Fsp3) is 0.667. The highest BCUT2D eigenvalue weighted by molar-refractivity contribution is 6.16. The summed E-state index contributed by atoms with van der Waals surface area (Å²) < 4.78 is 7.43. The summed E-state index contributed by atoms with van der Waals surface area (Å²) in [6, 6.07) is 0. The Morgan fingerprint density at radius 3 is 3.00 bits per heavy atom. The molecular formula is C9H15ClN2O. The van der Waals surface area contributed by atoms with E-state index in [0.717, 1.165) is 12.2 Å². The first-order chi connectivity index (χ1) is 6.24. The standard InChI is InChI=1S/C9H15ClN2O/c1-8(2)13-4-3-12-7-11-6-9(12)5-10/h6-8H,3-5H2,1-2H3. The largest absolute Gasteiger partial charge is 0.377 e. The molecule has 13 heavy (non-hydrogen) atoms. The number of nitrogens with zero attached hydrogens (tertiary/aromatic N) is 2. The fourth-order valence-corrected chi connectivity index (χ4v) is 1.27. The van der Waals surface area contributed by atoms with Crippen molar-refractivity contribution in [3.63, 3.8) is 0 Å². The second-order valence-electron chi connectivity index (χ2n) is 3.13. The van der Waals surface area contributed by atoms with E-state index in [2.05, 4.69) is 4.98 Å². The molecule has 3 nitrogen and oxygen atoms in total. The van der Waals surface area contributed by atoms with E-state index in [1.54, 1.807) is 12.5 Å². The zero-order chi connectivity index (χ0) is 9.68. The summed E-state index contributed by atoms with van der Waals surface area (Å²) in [7, 11) is 0. The molecule has 0 amide bonds. The number of ether oxygens (including phenoxy) is 1. The maximum Gasteiger partial charge on any atom is 0.0949 e. The Hall–Kier alpha value is -0.540. The normalized spacial score (nSPS) is 11.1. The molecule has 74 valence electrons. The van der Waals surface area contributed by atoms with Gasteiger partial charge in [-0.2, -0.15) is 0 Å². The van der Waals surface area contributed by atoms with Gasteiger partial charge in [-0.3, -0.25) is 0 Å². The smallest absolute Gasteiger partial charge is 0.0949 e. The third kappa shape index (κ3) is 3.36. The molecule has 0 fully saturated rings. The molecule has 0 aliphatic rings. The topological polar surface area (TPSA) is 27.1 Å². The Balaban J connectivity index is 2.36. The Kier molecular flexibility index (Phi) is 4.25. The predicted octanol–water partition coefficient (Wildman–Crippen LogP) is 2.05. The molecule has 1 aromatic rings. The van der Waals surface area contributed by atoms with Gasteiger partial charge in [0.15, 0.2) is 0 Å². The molecule has 0 bridgehead atoms. The van der Waals surface area contributed by atoms with E-state index >= 15 is 0 Å². The van der Waals surface area contributed by atoms with E-state index < -0.39 is 0 Å². The van der Waals surface area contributed by atoms with Crippen LogP contribution in [0.2, 0.25) is 0 Å². The highest BCUT2D eigenvalue weighted by atomic mass is 35.5. The number of aromatic nitrogens is 2. The average molecular weight is 203 g/mol. The van der Waals surface area contributed by atoms with E-state index in [1.165, 1.54) is 0 Å². The summed E-state index contributed by atoms with van der Waals surface area (Å²) in [4.78, 5) is 4.01. The van der Waals surface area contributed by atoms with Crippen LogP contribution in [0.1, 0.15) is 19.5 Å². The molecule has 0 N–H and O–H groups in total. The summed E-state index contributed by atoms with van der Waals surface area (Å²) in [5.74, 6) is 0.502. The van der Waals surface area contributed by atoms with Crippen LogP contribution in [-0.4, -0.2) is 22.3 Å². The van der Waals surface area contributed by atoms with Gasteiger partial charge in [0.25, 0.3) is 0 Å². The summed E-state index contributed by atoms with van der Waals surface area (Å²) in [6.45, 7) is 5.57. The van der Waals surface area contributed by atoms with Crippen molar-refractivity contribution in [1.29, 1.82) is 0 Å². The molecule has 4 heteroatoms. The molecule has 1 aromatic heterocycles. The second kappa shape index (κ2) is 5.25. The van der Waals surface area contributed by atoms with E-state index in [4.69, 9.17) is 16.3 Å². The van der Waals surface area contributed by atoms with Gasteiger partial charge in [-0.15, -0.1) is 11.6 Å². The van der Waals surface area contributed by atoms with Crippen LogP contribution >= 0.6 is 11.6 Å². The van der Waals surface area contributed by atoms with Crippen molar-refractivity contribution >= 4 is 11.6 Å². The summed E-state index contributed by atoms with van der Waals surface area (Å²) >= 11 is 5.71. The molecule has 0 saturated carbocycles. The number of alkyl halides is 1. The lowest BCUT2D eigenvalue weighted by atomic mass is 10.5. The first-order valence-corrected chi connectivity index (χ1v) is 4.94. The number of hydrogen-bond donors (Lipinski definition) is 0. The minimum atomic E-state index is 0.281. The van der Waals surface area contributed by atoms with Gasteiger partial charge < -0.3 is 9.30 Å². The lowest BCUT2D eigenvalue weighted by Crippen LogP contribution is -2.11. The molecule has 0 spiro atoms. The van der Waals surface area contributed by atoms with Crippen LogP contribution in [0, 0.1) is 0 Å². The Morgan fingerprint density at radius 1 is 1.62 bits per heavy atom. The highest BCUT2D eigenvalue weighted by Crippen LogP contribution is 2.03. The van der Waals surface area contributed by atoms with Gasteiger partial charge in [0.05, 0.1) is 30.6 Å². The average Bonchev–Trinajstić information content (AvgIpc) is 2.51. The maximum absolute atomic E-state index is 5.71. The molecule has 0 aliphatic heterocycles. The van der Waals surface area contributed by atoms with Crippen molar-refractivity contribution in [2.24, 2.45) is 0 Å². The monoisotopic (exact) mass is 202 g/mol. The Bertz CT molecular complexity index is 248. The summed E-state index contributed by atoms with van der Waals surface area (Å²) in [5, 5.41) is 0. The van der Waals surface area contributed by atoms with E-state index in [0.29, 0.717) is 12.5 Å². The van der Waals surface area contributed by atoms with Crippen molar-refractivity contribution in [2.45, 2.75) is 32.4 Å². The van der Waals surface area contributed by atoms with E-state index in [1.807, 2.05) is 18.4 Å². The van der Waals surface area contributed by atoms with Crippen LogP contribution in [0.3, 0.4) is 0 Å². The SMILES string of the molecule is CC(C)OCCn1cncc1CCl. The summed E-state index contributed by atoms with van der Waals surface area (Å²) in [5.41, 5.74) is 1.04. The van der Waals surface area contributed by atoms with Gasteiger partial charge in [-0.1, -0.05) is 0 Å². The van der Waals surface area contributed by atoms with E-state index in [9.17, 15) is 0 Å². The van der Waals surface area contributed by atoms with Crippen molar-refractivity contribution in [2.75, 3.05) is 6.61 Å². The molecule has 1 heterocycles. The van der Waals surface area contributed by atoms with Crippen molar-refractivity contribution in [3.8, 4) is 0 Å². The highest BCUT2D eigenvalue weighted by Gasteiger charge is 2.00. The molecule has 0 atom stereocenters. The first-order valence-electron chi connectivity index (χ1n) is 4.40. The Morgan fingerprint density at radius 2 is 2.38 bits per heavy atom. The van der Waals surface area contributed by atoms with Gasteiger partial charge in [-0.05, 0) is 13.8 Å². The van der Waals surface area contributed by atoms with E-state index in [-0.39, 0.29) is 6.10 Å². The number of halogens is 1. The van der Waals surface area contributed by atoms with Crippen LogP contribution in [0.5, 0.6) is 0 Å². The van der Waals surface area contributed by atoms with Crippen LogP contribution in [0.4, 0.5) is 0 Å². The maximum atomic E-state index is 5.71. The first kappa shape index (κ1) is 10.5. The minimum absolute atomic E-state index is 0.281. The van der Waals surface area contributed by atoms with Crippen LogP contribution in [-0.2, 0) is 17.2 Å². The van der Waals surface area contributed by atoms with Gasteiger partial charge in [0.1, 0.15) is 0 Å². The number of rotatable bonds is 5. The lowest BCUT2D eigenvalue weighted by molar-refractivity contribution is 0.0724. The fourth-order valence-electron chi connectivity index (χ4n) is 1.05. The molecule has 0 saturated heterocycles. The van der Waals surface area contributed by atoms with Gasteiger partial charge >= 0.3 is 0 Å². The minimum Gasteiger partial charge on any atom is -0.377 e. The van der Waals surface area contributed by atoms with Crippen LogP contribution < -0.4 is 0 Å². The zero-order valence-electron chi connectivity index (χ0n) is 8.03. The molecule has 1 rings (SSSR count). The molecular weight excluding hydrogens is 188 g/mol. The third-order valence-corrected chi connectivity index (χ3v) is 1.99. The van der Waals surface area contributed by atoms with Crippen molar-refractivity contribution in [1.82, 2.24) is 9.55 Å². The molecule has 0 radical (unpaired) electrons. The lowest BCUT2D eigenvalue weighted by Gasteiger charge is -2.09. The summed E-state index contributed by atoms with van der Waals surface area (Å²) in [6.07, 6.45) is 3.84. The van der Waals surface area contributed by atoms with Crippen molar-refractivity contribution in [3.05, 3.63) is 18.2 Å². The zero-order valence-corrected chi connectivity index (χ0v) is 8.79. The second-order valence-corrected chi connectivity index (χ2v) is 3.40. The number of hydrogen-bond acceptors (Lipinski definition) is 2. The van der Waals surface area contributed by atoms with Crippen molar-refractivity contribution < 1.29 is 4.74 Å². The van der Waals surface area contributed by atoms with Gasteiger partial charge in [0, 0.05) is 12.7 Å². The van der Waals surface area contributed by atoms with Crippen LogP contribution in [0.25, 0.3) is 0 Å². The molecule has 0 aliphatic carbocycles. The quantitative estimate of drug-likeness (QED) is 0.684. The van der Waals surface area contributed by atoms with Gasteiger partial charge in [0.2, 0.25) is 0 Å². The number of imidazole rings is 1. The van der Waals surface area contributed by atoms with Crippen LogP contribution in [0.15, 0.2) is 12.5 Å². The third-order valence-electron chi connectivity index (χ3n) is 1.72.